The summed E-state index contributed by atoms with van der Waals surface area (Å²) in [5.41, 5.74) is 0.683. The van der Waals surface area contributed by atoms with E-state index in [0.717, 1.165) is 11.2 Å². The highest BCUT2D eigenvalue weighted by Crippen LogP contribution is 2.17. The third-order valence-corrected chi connectivity index (χ3v) is 2.55. The van der Waals surface area contributed by atoms with E-state index in [1.165, 1.54) is 23.5 Å². The molecule has 0 radical (unpaired) electrons. The maximum absolute atomic E-state index is 12.9. The largest absolute Gasteiger partial charge is 0.508 e. The second-order valence-corrected chi connectivity index (χ2v) is 3.90. The number of thiazole rings is 1. The lowest BCUT2D eigenvalue weighted by atomic mass is 10.2. The topological polar surface area (TPSA) is 45.1 Å². The van der Waals surface area contributed by atoms with Gasteiger partial charge in [0.2, 0.25) is 0 Å². The number of halogens is 1. The molecule has 0 amide bonds. The summed E-state index contributed by atoms with van der Waals surface area (Å²) in [6.07, 6.45) is 1.69. The molecule has 0 saturated carbocycles. The number of aromatic hydroxyl groups is 1. The van der Waals surface area contributed by atoms with E-state index in [1.54, 1.807) is 6.20 Å². The molecule has 5 heteroatoms. The van der Waals surface area contributed by atoms with E-state index in [4.69, 9.17) is 0 Å². The van der Waals surface area contributed by atoms with Gasteiger partial charge in [-0.25, -0.2) is 9.37 Å². The lowest BCUT2D eigenvalue weighted by Crippen LogP contribution is -1.98. The smallest absolute Gasteiger partial charge is 0.182 e. The Morgan fingerprint density at radius 3 is 2.93 bits per heavy atom. The second kappa shape index (κ2) is 4.27. The van der Waals surface area contributed by atoms with Crippen molar-refractivity contribution >= 4 is 16.5 Å². The third kappa shape index (κ3) is 2.66. The number of hydrogen-bond acceptors (Lipinski definition) is 4. The van der Waals surface area contributed by atoms with Crippen LogP contribution in [-0.2, 0) is 6.54 Å². The summed E-state index contributed by atoms with van der Waals surface area (Å²) in [6, 6.07) is 3.97. The third-order valence-electron chi connectivity index (χ3n) is 1.82. The molecule has 0 spiro atoms. The van der Waals surface area contributed by atoms with Gasteiger partial charge in [0.05, 0.1) is 0 Å². The molecule has 1 aromatic carbocycles. The average Bonchev–Trinajstić information content (AvgIpc) is 2.65. The number of rotatable bonds is 3. The minimum Gasteiger partial charge on any atom is -0.508 e. The van der Waals surface area contributed by atoms with Crippen LogP contribution >= 0.6 is 11.3 Å². The quantitative estimate of drug-likeness (QED) is 0.842. The van der Waals surface area contributed by atoms with Gasteiger partial charge in [0.15, 0.2) is 5.13 Å². The summed E-state index contributed by atoms with van der Waals surface area (Å²) in [7, 11) is 0. The van der Waals surface area contributed by atoms with E-state index in [0.29, 0.717) is 12.1 Å². The number of nitrogens with one attached hydrogen (secondary N) is 1. The first-order valence-corrected chi connectivity index (χ1v) is 5.24. The summed E-state index contributed by atoms with van der Waals surface area (Å²) in [6.45, 7) is 0.443. The van der Waals surface area contributed by atoms with Crippen molar-refractivity contribution < 1.29 is 9.50 Å². The molecule has 0 aliphatic heterocycles. The SMILES string of the molecule is Oc1cc(F)cc(CNc2nccs2)c1. The molecular weight excluding hydrogens is 215 g/mol. The van der Waals surface area contributed by atoms with Crippen LogP contribution in [0.4, 0.5) is 9.52 Å². The Morgan fingerprint density at radius 2 is 2.27 bits per heavy atom. The minimum atomic E-state index is -0.439. The maximum Gasteiger partial charge on any atom is 0.182 e. The van der Waals surface area contributed by atoms with Crippen LogP contribution in [0.2, 0.25) is 0 Å². The average molecular weight is 224 g/mol. The summed E-state index contributed by atoms with van der Waals surface area (Å²) in [5.74, 6) is -0.503. The number of benzene rings is 1. The highest BCUT2D eigenvalue weighted by Gasteiger charge is 2.00. The van der Waals surface area contributed by atoms with Gasteiger partial charge < -0.3 is 10.4 Å². The zero-order valence-corrected chi connectivity index (χ0v) is 8.59. The van der Waals surface area contributed by atoms with Crippen LogP contribution in [0.3, 0.4) is 0 Å². The lowest BCUT2D eigenvalue weighted by molar-refractivity contribution is 0.468. The Balaban J connectivity index is 2.05. The molecule has 0 atom stereocenters. The molecule has 0 aliphatic rings. The summed E-state index contributed by atoms with van der Waals surface area (Å²) in [5, 5.41) is 14.8. The summed E-state index contributed by atoms with van der Waals surface area (Å²) >= 11 is 1.47. The van der Waals surface area contributed by atoms with Gasteiger partial charge in [-0.2, -0.15) is 0 Å². The van der Waals surface area contributed by atoms with E-state index in [9.17, 15) is 9.50 Å². The molecule has 78 valence electrons. The van der Waals surface area contributed by atoms with E-state index in [2.05, 4.69) is 10.3 Å². The zero-order valence-electron chi connectivity index (χ0n) is 7.77. The van der Waals surface area contributed by atoms with Gasteiger partial charge in [-0.05, 0) is 17.7 Å². The Kier molecular flexibility index (Phi) is 2.82. The molecule has 2 aromatic rings. The van der Waals surface area contributed by atoms with Crippen LogP contribution in [0.15, 0.2) is 29.8 Å². The number of phenolic OH excluding ortho intramolecular Hbond substituents is 1. The van der Waals surface area contributed by atoms with Gasteiger partial charge >= 0.3 is 0 Å². The van der Waals surface area contributed by atoms with Crippen LogP contribution in [-0.4, -0.2) is 10.1 Å². The van der Waals surface area contributed by atoms with Crippen molar-refractivity contribution in [1.29, 1.82) is 0 Å². The summed E-state index contributed by atoms with van der Waals surface area (Å²) < 4.78 is 12.9. The van der Waals surface area contributed by atoms with Gasteiger partial charge in [-0.3, -0.25) is 0 Å². The van der Waals surface area contributed by atoms with Crippen LogP contribution in [0.1, 0.15) is 5.56 Å². The van der Waals surface area contributed by atoms with E-state index in [1.807, 2.05) is 5.38 Å². The minimum absolute atomic E-state index is 0.0639. The van der Waals surface area contributed by atoms with Crippen molar-refractivity contribution in [3.05, 3.63) is 41.2 Å². The highest BCUT2D eigenvalue weighted by atomic mass is 32.1. The first-order valence-electron chi connectivity index (χ1n) is 4.36. The standard InChI is InChI=1S/C10H9FN2OS/c11-8-3-7(4-9(14)5-8)6-13-10-12-1-2-15-10/h1-5,14H,6H2,(H,12,13). The number of anilines is 1. The van der Waals surface area contributed by atoms with Crippen LogP contribution in [0.5, 0.6) is 5.75 Å². The molecule has 15 heavy (non-hydrogen) atoms. The van der Waals surface area contributed by atoms with Crippen molar-refractivity contribution in [2.75, 3.05) is 5.32 Å². The van der Waals surface area contributed by atoms with Crippen LogP contribution in [0, 0.1) is 5.82 Å². The van der Waals surface area contributed by atoms with Gasteiger partial charge in [-0.15, -0.1) is 11.3 Å². The first kappa shape index (κ1) is 9.92. The fraction of sp³-hybridized carbons (Fsp3) is 0.100. The molecule has 0 aliphatic carbocycles. The van der Waals surface area contributed by atoms with Crippen molar-refractivity contribution in [3.8, 4) is 5.75 Å². The molecule has 2 rings (SSSR count). The lowest BCUT2D eigenvalue weighted by Gasteiger charge is -2.03. The Morgan fingerprint density at radius 1 is 1.40 bits per heavy atom. The number of nitrogens with zero attached hydrogens (tertiary/aromatic N) is 1. The Bertz CT molecular complexity index is 424. The normalized spacial score (nSPS) is 10.2. The predicted octanol–water partition coefficient (Wildman–Crippen LogP) is 2.60. The number of phenols is 1. The predicted molar refractivity (Wildman–Crippen MR) is 57.5 cm³/mol. The molecule has 0 fully saturated rings. The summed E-state index contributed by atoms with van der Waals surface area (Å²) in [4.78, 5) is 4.03. The maximum atomic E-state index is 12.9. The van der Waals surface area contributed by atoms with Crippen molar-refractivity contribution in [2.24, 2.45) is 0 Å². The van der Waals surface area contributed by atoms with Crippen molar-refractivity contribution in [2.45, 2.75) is 6.54 Å². The van der Waals surface area contributed by atoms with Crippen molar-refractivity contribution in [1.82, 2.24) is 4.98 Å². The highest BCUT2D eigenvalue weighted by molar-refractivity contribution is 7.13. The molecule has 0 bridgehead atoms. The first-order chi connectivity index (χ1) is 7.24. The van der Waals surface area contributed by atoms with E-state index < -0.39 is 5.82 Å². The van der Waals surface area contributed by atoms with Crippen LogP contribution < -0.4 is 5.32 Å². The Hall–Kier alpha value is -1.62. The zero-order chi connectivity index (χ0) is 10.7. The molecular formula is C10H9FN2OS. The monoisotopic (exact) mass is 224 g/mol. The van der Waals surface area contributed by atoms with Gasteiger partial charge in [-0.1, -0.05) is 0 Å². The number of hydrogen-bond donors (Lipinski definition) is 2. The molecule has 1 heterocycles. The van der Waals surface area contributed by atoms with Gasteiger partial charge in [0, 0.05) is 24.2 Å². The fourth-order valence-corrected chi connectivity index (χ4v) is 1.75. The molecule has 1 aromatic heterocycles. The van der Waals surface area contributed by atoms with E-state index >= 15 is 0 Å². The fourth-order valence-electron chi connectivity index (χ4n) is 1.22. The molecule has 0 unspecified atom stereocenters. The van der Waals surface area contributed by atoms with E-state index in [-0.39, 0.29) is 5.75 Å². The molecule has 2 N–H and O–H groups in total. The van der Waals surface area contributed by atoms with Crippen LogP contribution in [0.25, 0.3) is 0 Å². The van der Waals surface area contributed by atoms with Gasteiger partial charge in [0.1, 0.15) is 11.6 Å². The second-order valence-electron chi connectivity index (χ2n) is 3.01. The number of aromatic nitrogens is 1. The molecule has 3 nitrogen and oxygen atoms in total. The molecule has 0 saturated heterocycles. The van der Waals surface area contributed by atoms with Gasteiger partial charge in [0.25, 0.3) is 0 Å². The van der Waals surface area contributed by atoms with Crippen molar-refractivity contribution in [3.63, 3.8) is 0 Å². The Labute approximate surface area is 90.2 Å².